The number of halogens is 1. The third kappa shape index (κ3) is 8.39. The molecule has 0 fully saturated rings. The Balaban J connectivity index is 1.83. The lowest BCUT2D eigenvalue weighted by Crippen LogP contribution is -2.34. The highest BCUT2D eigenvalue weighted by Gasteiger charge is 2.09. The summed E-state index contributed by atoms with van der Waals surface area (Å²) in [6.07, 6.45) is 5.80. The van der Waals surface area contributed by atoms with Crippen molar-refractivity contribution in [1.29, 1.82) is 0 Å². The highest BCUT2D eigenvalue weighted by Crippen LogP contribution is 2.14. The summed E-state index contributed by atoms with van der Waals surface area (Å²) in [6, 6.07) is 12.3. The molecule has 0 saturated carbocycles. The number of carbonyl (C=O) groups is 2. The van der Waals surface area contributed by atoms with Gasteiger partial charge >= 0.3 is 0 Å². The molecule has 3 N–H and O–H groups in total. The van der Waals surface area contributed by atoms with Crippen molar-refractivity contribution in [3.63, 3.8) is 0 Å². The Bertz CT molecular complexity index is 840. The molecule has 2 rings (SSSR count). The average molecular weight is 416 g/mol. The van der Waals surface area contributed by atoms with Gasteiger partial charge in [0.05, 0.1) is 0 Å². The summed E-state index contributed by atoms with van der Waals surface area (Å²) in [5.41, 5.74) is 1.49. The maximum atomic E-state index is 13.0. The molecule has 2 aromatic carbocycles. The zero-order chi connectivity index (χ0) is 21.1. The smallest absolute Gasteiger partial charge is 0.255 e. The highest BCUT2D eigenvalue weighted by molar-refractivity contribution is 7.80. The van der Waals surface area contributed by atoms with Crippen LogP contribution in [0.1, 0.15) is 55.8 Å². The van der Waals surface area contributed by atoms with Gasteiger partial charge in [0.1, 0.15) is 5.82 Å². The molecule has 0 aromatic heterocycles. The minimum atomic E-state index is -0.370. The second-order valence-corrected chi connectivity index (χ2v) is 7.12. The Morgan fingerprint density at radius 2 is 1.66 bits per heavy atom. The van der Waals surface area contributed by atoms with Gasteiger partial charge in [0.2, 0.25) is 5.91 Å². The van der Waals surface area contributed by atoms with Crippen molar-refractivity contribution in [2.45, 2.75) is 45.4 Å². The molecule has 2 aromatic rings. The van der Waals surface area contributed by atoms with Crippen LogP contribution in [0.4, 0.5) is 15.8 Å². The van der Waals surface area contributed by atoms with Gasteiger partial charge in [-0.2, -0.15) is 0 Å². The summed E-state index contributed by atoms with van der Waals surface area (Å²) in [7, 11) is 0. The van der Waals surface area contributed by atoms with E-state index >= 15 is 0 Å². The van der Waals surface area contributed by atoms with Crippen LogP contribution >= 0.6 is 12.2 Å². The summed E-state index contributed by atoms with van der Waals surface area (Å²) >= 11 is 5.18. The van der Waals surface area contributed by atoms with Gasteiger partial charge in [-0.1, -0.05) is 38.7 Å². The fourth-order valence-electron chi connectivity index (χ4n) is 2.72. The number of hydrogen-bond acceptors (Lipinski definition) is 3. The number of nitrogens with one attached hydrogen (secondary N) is 3. The second-order valence-electron chi connectivity index (χ2n) is 6.71. The quantitative estimate of drug-likeness (QED) is 0.386. The van der Waals surface area contributed by atoms with E-state index in [2.05, 4.69) is 22.9 Å². The number of amides is 2. The molecule has 7 heteroatoms. The van der Waals surface area contributed by atoms with E-state index in [0.29, 0.717) is 23.4 Å². The van der Waals surface area contributed by atoms with E-state index in [4.69, 9.17) is 12.2 Å². The summed E-state index contributed by atoms with van der Waals surface area (Å²) < 4.78 is 13.0. The third-order valence-corrected chi connectivity index (χ3v) is 4.45. The lowest BCUT2D eigenvalue weighted by molar-refractivity contribution is -0.119. The molecule has 0 aliphatic rings. The first-order chi connectivity index (χ1) is 14.0. The van der Waals surface area contributed by atoms with Crippen molar-refractivity contribution in [3.05, 3.63) is 59.9 Å². The summed E-state index contributed by atoms with van der Waals surface area (Å²) in [5.74, 6) is -0.822. The normalized spacial score (nSPS) is 10.3. The van der Waals surface area contributed by atoms with Gasteiger partial charge < -0.3 is 16.0 Å². The van der Waals surface area contributed by atoms with Crippen LogP contribution in [0.3, 0.4) is 0 Å². The van der Waals surface area contributed by atoms with Crippen LogP contribution < -0.4 is 16.0 Å². The molecule has 0 bridgehead atoms. The van der Waals surface area contributed by atoms with Gasteiger partial charge in [-0.25, -0.2) is 4.39 Å². The maximum Gasteiger partial charge on any atom is 0.255 e. The van der Waals surface area contributed by atoms with Crippen LogP contribution in [-0.2, 0) is 4.79 Å². The van der Waals surface area contributed by atoms with Crippen LogP contribution in [0, 0.1) is 5.82 Å². The van der Waals surface area contributed by atoms with Crippen LogP contribution in [0.5, 0.6) is 0 Å². The molecule has 2 amide bonds. The first-order valence-corrected chi connectivity index (χ1v) is 10.2. The SMILES string of the molecule is CCCCCCCC(=O)NC(=S)Nc1cccc(C(=O)Nc2ccc(F)cc2)c1. The van der Waals surface area contributed by atoms with Crippen molar-refractivity contribution in [2.75, 3.05) is 10.6 Å². The largest absolute Gasteiger partial charge is 0.332 e. The van der Waals surface area contributed by atoms with E-state index in [-0.39, 0.29) is 22.7 Å². The standard InChI is InChI=1S/C22H26FN3O2S/c1-2-3-4-5-6-10-20(27)26-22(29)25-19-9-7-8-16(15-19)21(28)24-18-13-11-17(23)12-14-18/h7-9,11-15H,2-6,10H2,1H3,(H,24,28)(H2,25,26,27,29). The van der Waals surface area contributed by atoms with Crippen molar-refractivity contribution < 1.29 is 14.0 Å². The molecule has 0 saturated heterocycles. The van der Waals surface area contributed by atoms with Gasteiger partial charge in [0.25, 0.3) is 5.91 Å². The molecular weight excluding hydrogens is 389 g/mol. The Hall–Kier alpha value is -2.80. The average Bonchev–Trinajstić information content (AvgIpc) is 2.69. The minimum Gasteiger partial charge on any atom is -0.332 e. The number of unbranched alkanes of at least 4 members (excludes halogenated alkanes) is 4. The zero-order valence-electron chi connectivity index (χ0n) is 16.5. The molecule has 0 spiro atoms. The molecular formula is C22H26FN3O2S. The Labute approximate surface area is 176 Å². The Kier molecular flexibility index (Phi) is 9.24. The monoisotopic (exact) mass is 415 g/mol. The second kappa shape index (κ2) is 11.9. The van der Waals surface area contributed by atoms with Crippen molar-refractivity contribution in [3.8, 4) is 0 Å². The molecule has 0 heterocycles. The van der Waals surface area contributed by atoms with E-state index in [1.165, 1.54) is 37.1 Å². The molecule has 0 aliphatic carbocycles. The van der Waals surface area contributed by atoms with Gasteiger partial charge in [-0.3, -0.25) is 9.59 Å². The van der Waals surface area contributed by atoms with Gasteiger partial charge in [0, 0.05) is 23.4 Å². The van der Waals surface area contributed by atoms with Gasteiger partial charge in [-0.15, -0.1) is 0 Å². The predicted molar refractivity (Wildman–Crippen MR) is 119 cm³/mol. The van der Waals surface area contributed by atoms with Crippen LogP contribution in [0.2, 0.25) is 0 Å². The first-order valence-electron chi connectivity index (χ1n) is 9.75. The zero-order valence-corrected chi connectivity index (χ0v) is 17.3. The topological polar surface area (TPSA) is 70.2 Å². The van der Waals surface area contributed by atoms with E-state index in [0.717, 1.165) is 19.3 Å². The Morgan fingerprint density at radius 1 is 0.931 bits per heavy atom. The molecule has 0 aliphatic heterocycles. The minimum absolute atomic E-state index is 0.121. The molecule has 0 radical (unpaired) electrons. The number of benzene rings is 2. The predicted octanol–water partition coefficient (Wildman–Crippen LogP) is 5.25. The van der Waals surface area contributed by atoms with Crippen molar-refractivity contribution in [1.82, 2.24) is 5.32 Å². The number of hydrogen-bond donors (Lipinski definition) is 3. The lowest BCUT2D eigenvalue weighted by atomic mass is 10.1. The fourth-order valence-corrected chi connectivity index (χ4v) is 2.95. The molecule has 5 nitrogen and oxygen atoms in total. The van der Waals surface area contributed by atoms with Crippen LogP contribution in [0.15, 0.2) is 48.5 Å². The maximum absolute atomic E-state index is 13.0. The number of carbonyl (C=O) groups excluding carboxylic acids is 2. The molecule has 154 valence electrons. The molecule has 0 atom stereocenters. The number of anilines is 2. The van der Waals surface area contributed by atoms with Crippen molar-refractivity contribution >= 4 is 40.5 Å². The molecule has 29 heavy (non-hydrogen) atoms. The van der Waals surface area contributed by atoms with E-state index in [1.807, 2.05) is 0 Å². The fraction of sp³-hybridized carbons (Fsp3) is 0.318. The number of thiocarbonyl (C=S) groups is 1. The van der Waals surface area contributed by atoms with Crippen LogP contribution in [-0.4, -0.2) is 16.9 Å². The lowest BCUT2D eigenvalue weighted by Gasteiger charge is -2.11. The van der Waals surface area contributed by atoms with Gasteiger partial charge in [-0.05, 0) is 61.1 Å². The summed E-state index contributed by atoms with van der Waals surface area (Å²) in [6.45, 7) is 2.15. The van der Waals surface area contributed by atoms with E-state index in [9.17, 15) is 14.0 Å². The van der Waals surface area contributed by atoms with E-state index in [1.54, 1.807) is 24.3 Å². The third-order valence-electron chi connectivity index (χ3n) is 4.25. The van der Waals surface area contributed by atoms with Gasteiger partial charge in [0.15, 0.2) is 5.11 Å². The first kappa shape index (κ1) is 22.5. The van der Waals surface area contributed by atoms with Crippen molar-refractivity contribution in [2.24, 2.45) is 0 Å². The molecule has 0 unspecified atom stereocenters. The van der Waals surface area contributed by atoms with Crippen LogP contribution in [0.25, 0.3) is 0 Å². The summed E-state index contributed by atoms with van der Waals surface area (Å²) in [4.78, 5) is 24.3. The Morgan fingerprint density at radius 3 is 2.38 bits per heavy atom. The van der Waals surface area contributed by atoms with E-state index < -0.39 is 0 Å². The summed E-state index contributed by atoms with van der Waals surface area (Å²) in [5, 5.41) is 8.47. The number of rotatable bonds is 9. The highest BCUT2D eigenvalue weighted by atomic mass is 32.1.